The number of halogens is 3. The van der Waals surface area contributed by atoms with E-state index in [1.54, 1.807) is 12.4 Å². The van der Waals surface area contributed by atoms with Gasteiger partial charge in [0, 0.05) is 47.9 Å². The van der Waals surface area contributed by atoms with Crippen LogP contribution in [0.15, 0.2) is 59.6 Å². The molecule has 0 saturated heterocycles. The number of methoxy groups -OCH3 is 1. The molecule has 200 valence electrons. The number of fused-ring (bicyclic) bond motifs is 1. The van der Waals surface area contributed by atoms with Crippen molar-refractivity contribution in [2.45, 2.75) is 44.8 Å². The second-order valence-electron chi connectivity index (χ2n) is 9.41. The Balaban J connectivity index is 1.55. The van der Waals surface area contributed by atoms with Gasteiger partial charge in [0.05, 0.1) is 18.9 Å². The molecule has 0 saturated carbocycles. The number of nitrogens with one attached hydrogen (secondary N) is 3. The van der Waals surface area contributed by atoms with Crippen molar-refractivity contribution in [3.05, 3.63) is 82.4 Å². The zero-order chi connectivity index (χ0) is 26.9. The highest BCUT2D eigenvalue weighted by Crippen LogP contribution is 2.36. The molecule has 0 aliphatic carbocycles. The summed E-state index contributed by atoms with van der Waals surface area (Å²) in [5.74, 6) is -1.15. The number of aliphatic imine (C=N–C) groups is 1. The lowest BCUT2D eigenvalue weighted by Gasteiger charge is -2.34. The van der Waals surface area contributed by atoms with E-state index >= 15 is 0 Å². The summed E-state index contributed by atoms with van der Waals surface area (Å²) in [6.45, 7) is 4.52. The molecular weight excluding hydrogens is 495 g/mol. The van der Waals surface area contributed by atoms with Gasteiger partial charge in [-0.25, -0.2) is 4.99 Å². The standard InChI is InChI=1S/C27H30F3N7O/c1-3-8-37-16-19(14-34-37)24-15-33-27(31,21-10-20(26(28,29)30)11-23(12-21)38-2)36-25(24)35-22-5-4-17-6-7-32-13-18(17)9-22/h4-5,9-12,14-16,32,35-36H,3,6-8,13,31H2,1-2H3. The van der Waals surface area contributed by atoms with Crippen LogP contribution in [0.2, 0.25) is 0 Å². The van der Waals surface area contributed by atoms with E-state index in [2.05, 4.69) is 45.1 Å². The molecule has 38 heavy (non-hydrogen) atoms. The molecule has 0 spiro atoms. The Hall–Kier alpha value is -3.83. The van der Waals surface area contributed by atoms with Crippen molar-refractivity contribution in [1.29, 1.82) is 0 Å². The maximum atomic E-state index is 13.6. The monoisotopic (exact) mass is 525 g/mol. The van der Waals surface area contributed by atoms with Crippen LogP contribution >= 0.6 is 0 Å². The first kappa shape index (κ1) is 25.8. The number of allylic oxidation sites excluding steroid dienone is 1. The highest BCUT2D eigenvalue weighted by Gasteiger charge is 2.37. The van der Waals surface area contributed by atoms with Crippen LogP contribution in [-0.2, 0) is 31.5 Å². The van der Waals surface area contributed by atoms with Crippen molar-refractivity contribution in [3.8, 4) is 5.75 Å². The first-order chi connectivity index (χ1) is 18.2. The Morgan fingerprint density at radius 3 is 2.79 bits per heavy atom. The highest BCUT2D eigenvalue weighted by molar-refractivity contribution is 6.12. The number of hydrogen-bond donors (Lipinski definition) is 4. The lowest BCUT2D eigenvalue weighted by atomic mass is 10.00. The van der Waals surface area contributed by atoms with Crippen molar-refractivity contribution < 1.29 is 17.9 Å². The molecule has 11 heteroatoms. The molecular formula is C27H30F3N7O. The van der Waals surface area contributed by atoms with Gasteiger partial charge in [-0.15, -0.1) is 0 Å². The molecule has 3 aromatic rings. The molecule has 2 aromatic carbocycles. The number of aryl methyl sites for hydroxylation is 1. The van der Waals surface area contributed by atoms with Gasteiger partial charge in [0.2, 0.25) is 5.79 Å². The molecule has 1 unspecified atom stereocenters. The van der Waals surface area contributed by atoms with E-state index < -0.39 is 17.5 Å². The van der Waals surface area contributed by atoms with Crippen LogP contribution in [0.25, 0.3) is 5.57 Å². The number of aromatic nitrogens is 2. The molecule has 2 aliphatic rings. The number of anilines is 1. The Kier molecular flexibility index (Phi) is 6.89. The molecule has 0 radical (unpaired) electrons. The van der Waals surface area contributed by atoms with Crippen molar-refractivity contribution in [3.63, 3.8) is 0 Å². The molecule has 8 nitrogen and oxygen atoms in total. The largest absolute Gasteiger partial charge is 0.497 e. The van der Waals surface area contributed by atoms with Crippen molar-refractivity contribution in [2.75, 3.05) is 19.0 Å². The number of hydrogen-bond acceptors (Lipinski definition) is 7. The summed E-state index contributed by atoms with van der Waals surface area (Å²) in [7, 11) is 1.31. The molecule has 5 N–H and O–H groups in total. The van der Waals surface area contributed by atoms with Gasteiger partial charge in [-0.2, -0.15) is 18.3 Å². The summed E-state index contributed by atoms with van der Waals surface area (Å²) < 4.78 is 47.9. The zero-order valence-electron chi connectivity index (χ0n) is 21.2. The predicted octanol–water partition coefficient (Wildman–Crippen LogP) is 4.19. The molecule has 5 rings (SSSR count). The van der Waals surface area contributed by atoms with Crippen LogP contribution < -0.4 is 26.4 Å². The minimum Gasteiger partial charge on any atom is -0.497 e. The third-order valence-electron chi connectivity index (χ3n) is 6.65. The summed E-state index contributed by atoms with van der Waals surface area (Å²) >= 11 is 0. The van der Waals surface area contributed by atoms with Gasteiger partial charge in [-0.3, -0.25) is 10.4 Å². The minimum absolute atomic E-state index is 0.0314. The van der Waals surface area contributed by atoms with E-state index in [4.69, 9.17) is 10.5 Å². The maximum Gasteiger partial charge on any atom is 0.416 e. The second kappa shape index (κ2) is 10.1. The highest BCUT2D eigenvalue weighted by atomic mass is 19.4. The molecule has 3 heterocycles. The summed E-state index contributed by atoms with van der Waals surface area (Å²) in [4.78, 5) is 4.48. The van der Waals surface area contributed by atoms with Crippen molar-refractivity contribution in [1.82, 2.24) is 20.4 Å². The Bertz CT molecular complexity index is 1400. The second-order valence-corrected chi connectivity index (χ2v) is 9.41. The Labute approximate surface area is 218 Å². The number of rotatable bonds is 7. The SMILES string of the molecule is CCCn1cc(C2=C(Nc3ccc4c(c3)CNCC4)NC(N)(c3cc(OC)cc(C(F)(F)F)c3)N=C2)cn1. The van der Waals surface area contributed by atoms with E-state index in [0.717, 1.165) is 55.9 Å². The lowest BCUT2D eigenvalue weighted by Crippen LogP contribution is -2.51. The van der Waals surface area contributed by atoms with Gasteiger partial charge < -0.3 is 20.7 Å². The van der Waals surface area contributed by atoms with E-state index in [9.17, 15) is 13.2 Å². The van der Waals surface area contributed by atoms with Crippen LogP contribution in [0.4, 0.5) is 18.9 Å². The van der Waals surface area contributed by atoms with Crippen LogP contribution in [0.5, 0.6) is 5.75 Å². The number of alkyl halides is 3. The summed E-state index contributed by atoms with van der Waals surface area (Å²) in [5.41, 5.74) is 10.6. The first-order valence-electron chi connectivity index (χ1n) is 12.4. The predicted molar refractivity (Wildman–Crippen MR) is 140 cm³/mol. The van der Waals surface area contributed by atoms with Gasteiger partial charge >= 0.3 is 6.18 Å². The third-order valence-corrected chi connectivity index (χ3v) is 6.65. The number of ether oxygens (including phenoxy) is 1. The fourth-order valence-electron chi connectivity index (χ4n) is 4.64. The van der Waals surface area contributed by atoms with E-state index in [1.165, 1.54) is 24.3 Å². The summed E-state index contributed by atoms with van der Waals surface area (Å²) in [5, 5.41) is 14.4. The lowest BCUT2D eigenvalue weighted by molar-refractivity contribution is -0.137. The normalized spacial score (nSPS) is 19.2. The van der Waals surface area contributed by atoms with Crippen LogP contribution in [0, 0.1) is 0 Å². The van der Waals surface area contributed by atoms with Gasteiger partial charge in [0.1, 0.15) is 11.6 Å². The fraction of sp³-hybridized carbons (Fsp3) is 0.333. The molecule has 2 aliphatic heterocycles. The van der Waals surface area contributed by atoms with E-state index in [0.29, 0.717) is 11.4 Å². The van der Waals surface area contributed by atoms with Gasteiger partial charge in [-0.1, -0.05) is 13.0 Å². The topological polar surface area (TPSA) is 102 Å². The average molecular weight is 526 g/mol. The van der Waals surface area contributed by atoms with Crippen LogP contribution in [-0.4, -0.2) is 29.6 Å². The Morgan fingerprint density at radius 1 is 1.18 bits per heavy atom. The van der Waals surface area contributed by atoms with E-state index in [1.807, 2.05) is 16.9 Å². The van der Waals surface area contributed by atoms with Crippen molar-refractivity contribution >= 4 is 17.5 Å². The number of benzene rings is 2. The summed E-state index contributed by atoms with van der Waals surface area (Å²) in [6.07, 6.45) is 2.50. The fourth-order valence-corrected chi connectivity index (χ4v) is 4.64. The summed E-state index contributed by atoms with van der Waals surface area (Å²) in [6, 6.07) is 9.50. The molecule has 1 aromatic heterocycles. The van der Waals surface area contributed by atoms with Crippen LogP contribution in [0.3, 0.4) is 0 Å². The van der Waals surface area contributed by atoms with Crippen molar-refractivity contribution in [2.24, 2.45) is 10.7 Å². The average Bonchev–Trinajstić information content (AvgIpc) is 3.36. The molecule has 0 amide bonds. The molecule has 1 atom stereocenters. The maximum absolute atomic E-state index is 13.6. The first-order valence-corrected chi connectivity index (χ1v) is 12.4. The van der Waals surface area contributed by atoms with Gasteiger partial charge in [0.25, 0.3) is 0 Å². The van der Waals surface area contributed by atoms with Gasteiger partial charge in [0.15, 0.2) is 0 Å². The van der Waals surface area contributed by atoms with Crippen LogP contribution in [0.1, 0.15) is 41.2 Å². The quantitative estimate of drug-likeness (QED) is 0.369. The number of nitrogens with zero attached hydrogens (tertiary/aromatic N) is 3. The molecule has 0 bridgehead atoms. The zero-order valence-corrected chi connectivity index (χ0v) is 21.2. The minimum atomic E-state index is -4.58. The molecule has 0 fully saturated rings. The Morgan fingerprint density at radius 2 is 2.03 bits per heavy atom. The third kappa shape index (κ3) is 5.25. The van der Waals surface area contributed by atoms with Gasteiger partial charge in [-0.05, 0) is 60.8 Å². The number of nitrogens with two attached hydrogens (primary N) is 1. The van der Waals surface area contributed by atoms with E-state index in [-0.39, 0.29) is 11.3 Å². The smallest absolute Gasteiger partial charge is 0.416 e.